The first-order valence-electron chi connectivity index (χ1n) is 11.4. The molecule has 0 aliphatic carbocycles. The highest BCUT2D eigenvalue weighted by atomic mass is 35.5. The number of hydrogen-bond donors (Lipinski definition) is 1. The molecule has 9 heteroatoms. The number of benzene rings is 1. The minimum atomic E-state index is -0.801. The molecule has 0 amide bonds. The Morgan fingerprint density at radius 1 is 1.24 bits per heavy atom. The smallest absolute Gasteiger partial charge is 0.304 e. The number of carbonyl (C=O) groups is 1. The SMILES string of the molecule is CCCCCn1c(O[C@H]2CCN(CCC(=O)O)C2)cc(=O)n2cc(-c3ccc(Cl)cc3)nc12. The lowest BCUT2D eigenvalue weighted by molar-refractivity contribution is -0.137. The lowest BCUT2D eigenvalue weighted by atomic mass is 10.2. The number of aromatic nitrogens is 3. The van der Waals surface area contributed by atoms with Gasteiger partial charge in [-0.1, -0.05) is 43.5 Å². The van der Waals surface area contributed by atoms with Crippen LogP contribution in [-0.2, 0) is 11.3 Å². The fraction of sp³-hybridized carbons (Fsp3) is 0.458. The number of unbranched alkanes of at least 4 members (excludes halogenated alkanes) is 2. The molecule has 0 bridgehead atoms. The van der Waals surface area contributed by atoms with E-state index >= 15 is 0 Å². The van der Waals surface area contributed by atoms with Gasteiger partial charge < -0.3 is 9.84 Å². The van der Waals surface area contributed by atoms with E-state index in [4.69, 9.17) is 26.4 Å². The first-order valence-corrected chi connectivity index (χ1v) is 11.8. The van der Waals surface area contributed by atoms with Crippen molar-refractivity contribution < 1.29 is 14.6 Å². The minimum Gasteiger partial charge on any atom is -0.481 e. The highest BCUT2D eigenvalue weighted by Gasteiger charge is 2.26. The van der Waals surface area contributed by atoms with Crippen molar-refractivity contribution in [1.82, 2.24) is 18.9 Å². The van der Waals surface area contributed by atoms with Gasteiger partial charge in [0, 0.05) is 43.0 Å². The van der Waals surface area contributed by atoms with E-state index in [2.05, 4.69) is 11.8 Å². The first-order chi connectivity index (χ1) is 15.9. The van der Waals surface area contributed by atoms with Crippen LogP contribution in [0.15, 0.2) is 41.3 Å². The van der Waals surface area contributed by atoms with E-state index in [0.29, 0.717) is 42.0 Å². The van der Waals surface area contributed by atoms with Crippen molar-refractivity contribution in [2.24, 2.45) is 0 Å². The molecule has 3 aromatic rings. The fourth-order valence-corrected chi connectivity index (χ4v) is 4.31. The van der Waals surface area contributed by atoms with E-state index in [0.717, 1.165) is 37.8 Å². The molecule has 0 saturated carbocycles. The number of nitrogens with zero attached hydrogens (tertiary/aromatic N) is 4. The van der Waals surface area contributed by atoms with Gasteiger partial charge in [0.1, 0.15) is 6.10 Å². The number of carboxylic acids is 1. The predicted octanol–water partition coefficient (Wildman–Crippen LogP) is 3.93. The van der Waals surface area contributed by atoms with Crippen molar-refractivity contribution in [3.63, 3.8) is 0 Å². The first kappa shape index (κ1) is 23.3. The zero-order valence-electron chi connectivity index (χ0n) is 18.7. The molecule has 3 heterocycles. The molecule has 1 aliphatic heterocycles. The van der Waals surface area contributed by atoms with Crippen molar-refractivity contribution in [3.05, 3.63) is 51.9 Å². The predicted molar refractivity (Wildman–Crippen MR) is 127 cm³/mol. The largest absolute Gasteiger partial charge is 0.481 e. The second-order valence-electron chi connectivity index (χ2n) is 8.46. The standard InChI is InChI=1S/C24H29ClN4O4/c1-2-3-4-11-28-22(33-19-9-12-27(15-19)13-10-23(31)32)14-21(30)29-16-20(26-24(28)29)17-5-7-18(25)8-6-17/h5-8,14,16,19H,2-4,9-13,15H2,1H3,(H,31,32)/t19-/m0/s1. The number of likely N-dealkylation sites (tertiary alicyclic amines) is 1. The molecule has 1 aliphatic rings. The summed E-state index contributed by atoms with van der Waals surface area (Å²) >= 11 is 6.02. The molecule has 176 valence electrons. The fourth-order valence-electron chi connectivity index (χ4n) is 4.18. The van der Waals surface area contributed by atoms with Gasteiger partial charge >= 0.3 is 5.97 Å². The van der Waals surface area contributed by atoms with Gasteiger partial charge in [0.2, 0.25) is 11.7 Å². The summed E-state index contributed by atoms with van der Waals surface area (Å²) in [5.41, 5.74) is 1.39. The Hall–Kier alpha value is -2.84. The molecule has 0 spiro atoms. The van der Waals surface area contributed by atoms with Crippen LogP contribution in [0.1, 0.15) is 39.0 Å². The summed E-state index contributed by atoms with van der Waals surface area (Å²) in [7, 11) is 0. The molecular formula is C24H29ClN4O4. The van der Waals surface area contributed by atoms with Gasteiger partial charge in [-0.2, -0.15) is 0 Å². The van der Waals surface area contributed by atoms with Crippen LogP contribution in [0.4, 0.5) is 0 Å². The van der Waals surface area contributed by atoms with Crippen LogP contribution >= 0.6 is 11.6 Å². The summed E-state index contributed by atoms with van der Waals surface area (Å²) in [5.74, 6) is 0.270. The molecule has 1 aromatic carbocycles. The van der Waals surface area contributed by atoms with E-state index in [1.807, 2.05) is 16.7 Å². The van der Waals surface area contributed by atoms with Gasteiger partial charge in [-0.3, -0.25) is 23.5 Å². The quantitative estimate of drug-likeness (QED) is 0.450. The maximum Gasteiger partial charge on any atom is 0.304 e. The van der Waals surface area contributed by atoms with E-state index in [9.17, 15) is 9.59 Å². The molecule has 4 rings (SSSR count). The van der Waals surface area contributed by atoms with Gasteiger partial charge in [0.05, 0.1) is 18.2 Å². The van der Waals surface area contributed by atoms with Gasteiger partial charge in [-0.05, 0) is 25.0 Å². The molecule has 1 atom stereocenters. The van der Waals surface area contributed by atoms with E-state index < -0.39 is 5.97 Å². The maximum atomic E-state index is 12.9. The topological polar surface area (TPSA) is 89.1 Å². The van der Waals surface area contributed by atoms with Gasteiger partial charge in [0.15, 0.2) is 0 Å². The Balaban J connectivity index is 1.63. The normalized spacial score (nSPS) is 16.5. The number of aryl methyl sites for hydroxylation is 1. The molecule has 0 unspecified atom stereocenters. The van der Waals surface area contributed by atoms with Crippen molar-refractivity contribution in [1.29, 1.82) is 0 Å². The van der Waals surface area contributed by atoms with Crippen LogP contribution in [0.2, 0.25) is 5.02 Å². The third-order valence-corrected chi connectivity index (χ3v) is 6.21. The molecule has 1 fully saturated rings. The number of ether oxygens (including phenoxy) is 1. The monoisotopic (exact) mass is 472 g/mol. The lowest BCUT2D eigenvalue weighted by Gasteiger charge is -2.20. The highest BCUT2D eigenvalue weighted by Crippen LogP contribution is 2.24. The van der Waals surface area contributed by atoms with Gasteiger partial charge in [-0.25, -0.2) is 4.98 Å². The Bertz CT molecular complexity index is 1170. The number of rotatable bonds is 10. The Kier molecular flexibility index (Phi) is 7.35. The Morgan fingerprint density at radius 2 is 2.03 bits per heavy atom. The summed E-state index contributed by atoms with van der Waals surface area (Å²) in [6.07, 6.45) is 5.66. The molecule has 33 heavy (non-hydrogen) atoms. The third-order valence-electron chi connectivity index (χ3n) is 5.96. The second kappa shape index (κ2) is 10.4. The number of fused-ring (bicyclic) bond motifs is 1. The Morgan fingerprint density at radius 3 is 2.76 bits per heavy atom. The number of imidazole rings is 1. The lowest BCUT2D eigenvalue weighted by Crippen LogP contribution is -2.28. The summed E-state index contributed by atoms with van der Waals surface area (Å²) < 4.78 is 9.85. The van der Waals surface area contributed by atoms with Crippen LogP contribution < -0.4 is 10.3 Å². The van der Waals surface area contributed by atoms with Crippen LogP contribution in [0.25, 0.3) is 17.0 Å². The average molecular weight is 473 g/mol. The van der Waals surface area contributed by atoms with Crippen LogP contribution in [0.5, 0.6) is 5.88 Å². The maximum absolute atomic E-state index is 12.9. The van der Waals surface area contributed by atoms with Crippen LogP contribution in [0, 0.1) is 0 Å². The number of halogens is 1. The van der Waals surface area contributed by atoms with Crippen LogP contribution in [-0.4, -0.2) is 55.7 Å². The summed E-state index contributed by atoms with van der Waals surface area (Å²) in [6, 6.07) is 8.92. The summed E-state index contributed by atoms with van der Waals surface area (Å²) in [5, 5.41) is 9.58. The van der Waals surface area contributed by atoms with Gasteiger partial charge in [0.25, 0.3) is 5.56 Å². The number of aliphatic carboxylic acids is 1. The molecule has 2 aromatic heterocycles. The zero-order valence-corrected chi connectivity index (χ0v) is 19.5. The van der Waals surface area contributed by atoms with E-state index in [1.54, 1.807) is 22.7 Å². The molecule has 8 nitrogen and oxygen atoms in total. The van der Waals surface area contributed by atoms with Crippen molar-refractivity contribution in [3.8, 4) is 17.1 Å². The number of hydrogen-bond acceptors (Lipinski definition) is 5. The summed E-state index contributed by atoms with van der Waals surface area (Å²) in [4.78, 5) is 30.7. The highest BCUT2D eigenvalue weighted by molar-refractivity contribution is 6.30. The number of carboxylic acid groups (broad SMARTS) is 1. The molecule has 1 N–H and O–H groups in total. The molecular weight excluding hydrogens is 444 g/mol. The van der Waals surface area contributed by atoms with E-state index in [-0.39, 0.29) is 18.1 Å². The van der Waals surface area contributed by atoms with E-state index in [1.165, 1.54) is 6.07 Å². The summed E-state index contributed by atoms with van der Waals surface area (Å²) in [6.45, 7) is 4.77. The van der Waals surface area contributed by atoms with Gasteiger partial charge in [-0.15, -0.1) is 0 Å². The zero-order chi connectivity index (χ0) is 23.4. The van der Waals surface area contributed by atoms with Crippen molar-refractivity contribution in [2.45, 2.75) is 51.7 Å². The Labute approximate surface area is 197 Å². The third kappa shape index (κ3) is 5.57. The molecule has 0 radical (unpaired) electrons. The minimum absolute atomic E-state index is 0.0937. The van der Waals surface area contributed by atoms with Crippen molar-refractivity contribution >= 4 is 23.3 Å². The average Bonchev–Trinajstić information content (AvgIpc) is 3.43. The van der Waals surface area contributed by atoms with Crippen LogP contribution in [0.3, 0.4) is 0 Å². The van der Waals surface area contributed by atoms with Crippen molar-refractivity contribution in [2.75, 3.05) is 19.6 Å². The molecule has 1 saturated heterocycles. The second-order valence-corrected chi connectivity index (χ2v) is 8.89.